The number of likely N-dealkylation sites (N-methyl/N-ethyl adjacent to an activating group) is 1. The van der Waals surface area contributed by atoms with Gasteiger partial charge < -0.3 is 5.32 Å². The van der Waals surface area contributed by atoms with Gasteiger partial charge in [-0.1, -0.05) is 0 Å². The van der Waals surface area contributed by atoms with Gasteiger partial charge in [-0.05, 0) is 13.5 Å². The highest BCUT2D eigenvalue weighted by molar-refractivity contribution is 7.89. The second-order valence-electron chi connectivity index (χ2n) is 2.44. The molecule has 60 valence electrons. The molecule has 4 nitrogen and oxygen atoms in total. The van der Waals surface area contributed by atoms with E-state index in [1.165, 1.54) is 0 Å². The van der Waals surface area contributed by atoms with Crippen LogP contribution in [-0.4, -0.2) is 33.8 Å². The van der Waals surface area contributed by atoms with Gasteiger partial charge in [0.1, 0.15) is 0 Å². The summed E-state index contributed by atoms with van der Waals surface area (Å²) in [4.78, 5) is 0. The topological polar surface area (TPSA) is 58.2 Å². The van der Waals surface area contributed by atoms with Crippen LogP contribution < -0.4 is 10.0 Å². The molecule has 0 aromatic heterocycles. The second kappa shape index (κ2) is 2.86. The Labute approximate surface area is 61.1 Å². The van der Waals surface area contributed by atoms with Crippen LogP contribution in [0, 0.1) is 0 Å². The number of hydrogen-bond acceptors (Lipinski definition) is 3. The molecule has 2 N–H and O–H groups in total. The number of nitrogens with one attached hydrogen (secondary N) is 2. The molecule has 1 rings (SSSR count). The van der Waals surface area contributed by atoms with Gasteiger partial charge >= 0.3 is 0 Å². The van der Waals surface area contributed by atoms with E-state index in [1.54, 1.807) is 0 Å². The molecule has 1 saturated heterocycles. The van der Waals surface area contributed by atoms with Crippen LogP contribution in [0.4, 0.5) is 0 Å². The van der Waals surface area contributed by atoms with Gasteiger partial charge in [-0.2, -0.15) is 0 Å². The molecule has 5 heteroatoms. The van der Waals surface area contributed by atoms with Crippen LogP contribution in [0.1, 0.15) is 6.42 Å². The van der Waals surface area contributed by atoms with E-state index in [-0.39, 0.29) is 5.75 Å². The molecule has 0 saturated carbocycles. The Bertz CT molecular complexity index is 186. The lowest BCUT2D eigenvalue weighted by Gasteiger charge is -2.21. The van der Waals surface area contributed by atoms with Crippen molar-refractivity contribution in [1.82, 2.24) is 10.0 Å². The predicted molar refractivity (Wildman–Crippen MR) is 39.3 cm³/mol. The fraction of sp³-hybridized carbons (Fsp3) is 1.00. The van der Waals surface area contributed by atoms with Crippen molar-refractivity contribution < 1.29 is 8.42 Å². The Morgan fingerprint density at radius 1 is 1.60 bits per heavy atom. The maximum atomic E-state index is 10.8. The van der Waals surface area contributed by atoms with Crippen LogP contribution in [0.3, 0.4) is 0 Å². The standard InChI is InChI=1S/C5H12N2O2S/c1-6-5-2-3-10(8,9)7-4-5/h5-7H,2-4H2,1H3. The molecule has 1 aliphatic heterocycles. The van der Waals surface area contributed by atoms with E-state index in [9.17, 15) is 8.42 Å². The van der Waals surface area contributed by atoms with Crippen LogP contribution in [0.5, 0.6) is 0 Å². The first-order valence-corrected chi connectivity index (χ1v) is 4.94. The number of hydrogen-bond donors (Lipinski definition) is 2. The quantitative estimate of drug-likeness (QED) is 0.517. The third-order valence-corrected chi connectivity index (χ3v) is 3.07. The van der Waals surface area contributed by atoms with Crippen LogP contribution in [0.2, 0.25) is 0 Å². The Hall–Kier alpha value is -0.130. The van der Waals surface area contributed by atoms with Gasteiger partial charge in [0.05, 0.1) is 5.75 Å². The molecular weight excluding hydrogens is 152 g/mol. The van der Waals surface area contributed by atoms with Gasteiger partial charge in [0.2, 0.25) is 10.0 Å². The zero-order valence-electron chi connectivity index (χ0n) is 5.92. The molecule has 0 aromatic carbocycles. The fourth-order valence-electron chi connectivity index (χ4n) is 0.946. The third kappa shape index (κ3) is 1.93. The highest BCUT2D eigenvalue weighted by atomic mass is 32.2. The molecule has 0 amide bonds. The van der Waals surface area contributed by atoms with E-state index in [0.717, 1.165) is 0 Å². The summed E-state index contributed by atoms with van der Waals surface area (Å²) in [6, 6.07) is 0.309. The first-order chi connectivity index (χ1) is 4.64. The molecule has 1 unspecified atom stereocenters. The van der Waals surface area contributed by atoms with Crippen LogP contribution in [0.25, 0.3) is 0 Å². The van der Waals surface area contributed by atoms with Crippen molar-refractivity contribution in [3.8, 4) is 0 Å². The highest BCUT2D eigenvalue weighted by Gasteiger charge is 2.20. The molecule has 10 heavy (non-hydrogen) atoms. The lowest BCUT2D eigenvalue weighted by atomic mass is 10.2. The van der Waals surface area contributed by atoms with Gasteiger partial charge in [0.15, 0.2) is 0 Å². The van der Waals surface area contributed by atoms with Gasteiger partial charge in [-0.15, -0.1) is 0 Å². The summed E-state index contributed by atoms with van der Waals surface area (Å²) in [6.07, 6.45) is 0.714. The zero-order chi connectivity index (χ0) is 7.61. The van der Waals surface area contributed by atoms with Gasteiger partial charge in [0.25, 0.3) is 0 Å². The minimum absolute atomic E-state index is 0.249. The Morgan fingerprint density at radius 2 is 2.30 bits per heavy atom. The molecule has 0 bridgehead atoms. The molecule has 1 heterocycles. The van der Waals surface area contributed by atoms with Crippen molar-refractivity contribution in [1.29, 1.82) is 0 Å². The van der Waals surface area contributed by atoms with Crippen LogP contribution in [-0.2, 0) is 10.0 Å². The fourth-order valence-corrected chi connectivity index (χ4v) is 2.14. The lowest BCUT2D eigenvalue weighted by Crippen LogP contribution is -2.46. The summed E-state index contributed by atoms with van der Waals surface area (Å²) in [7, 11) is -1.08. The molecule has 1 fully saturated rings. The molecule has 1 aliphatic rings. The summed E-state index contributed by atoms with van der Waals surface area (Å²) in [6.45, 7) is 0.527. The van der Waals surface area contributed by atoms with Crippen LogP contribution >= 0.6 is 0 Å². The molecule has 0 aromatic rings. The van der Waals surface area contributed by atoms with Crippen molar-refractivity contribution in [2.75, 3.05) is 19.3 Å². The Kier molecular flexibility index (Phi) is 2.28. The first-order valence-electron chi connectivity index (χ1n) is 3.28. The number of rotatable bonds is 1. The lowest BCUT2D eigenvalue weighted by molar-refractivity contribution is 0.491. The largest absolute Gasteiger partial charge is 0.316 e. The Balaban J connectivity index is 2.46. The molecule has 0 radical (unpaired) electrons. The van der Waals surface area contributed by atoms with E-state index in [4.69, 9.17) is 0 Å². The molecule has 0 aliphatic carbocycles. The van der Waals surface area contributed by atoms with Crippen LogP contribution in [0.15, 0.2) is 0 Å². The predicted octanol–water partition coefficient (Wildman–Crippen LogP) is -1.10. The summed E-state index contributed by atoms with van der Waals surface area (Å²) in [5.41, 5.74) is 0. The minimum atomic E-state index is -2.92. The van der Waals surface area contributed by atoms with Crippen molar-refractivity contribution in [2.24, 2.45) is 0 Å². The van der Waals surface area contributed by atoms with Crippen molar-refractivity contribution in [2.45, 2.75) is 12.5 Å². The Morgan fingerprint density at radius 3 is 2.70 bits per heavy atom. The van der Waals surface area contributed by atoms with E-state index in [0.29, 0.717) is 19.0 Å². The molecular formula is C5H12N2O2S. The summed E-state index contributed by atoms with van der Waals surface area (Å²) < 4.78 is 24.0. The highest BCUT2D eigenvalue weighted by Crippen LogP contribution is 2.01. The minimum Gasteiger partial charge on any atom is -0.316 e. The van der Waals surface area contributed by atoms with E-state index >= 15 is 0 Å². The normalized spacial score (nSPS) is 31.9. The van der Waals surface area contributed by atoms with Crippen molar-refractivity contribution >= 4 is 10.0 Å². The third-order valence-electron chi connectivity index (χ3n) is 1.69. The summed E-state index contributed by atoms with van der Waals surface area (Å²) >= 11 is 0. The van der Waals surface area contributed by atoms with E-state index in [1.807, 2.05) is 7.05 Å². The van der Waals surface area contributed by atoms with Crippen molar-refractivity contribution in [3.05, 3.63) is 0 Å². The smallest absolute Gasteiger partial charge is 0.211 e. The molecule has 1 atom stereocenters. The average Bonchev–Trinajstić information content (AvgIpc) is 1.88. The maximum absolute atomic E-state index is 10.8. The van der Waals surface area contributed by atoms with E-state index < -0.39 is 10.0 Å². The average molecular weight is 164 g/mol. The van der Waals surface area contributed by atoms with Gasteiger partial charge in [0, 0.05) is 12.6 Å². The first kappa shape index (κ1) is 7.97. The maximum Gasteiger partial charge on any atom is 0.211 e. The monoisotopic (exact) mass is 164 g/mol. The van der Waals surface area contributed by atoms with E-state index in [2.05, 4.69) is 10.0 Å². The molecule has 0 spiro atoms. The van der Waals surface area contributed by atoms with Crippen molar-refractivity contribution in [3.63, 3.8) is 0 Å². The second-order valence-corrected chi connectivity index (χ2v) is 4.37. The van der Waals surface area contributed by atoms with Gasteiger partial charge in [-0.3, -0.25) is 0 Å². The van der Waals surface area contributed by atoms with Gasteiger partial charge in [-0.25, -0.2) is 13.1 Å². The number of sulfonamides is 1. The SMILES string of the molecule is CNC1CCS(=O)(=O)NC1. The summed E-state index contributed by atoms with van der Waals surface area (Å²) in [5.74, 6) is 0.249. The summed E-state index contributed by atoms with van der Waals surface area (Å²) in [5, 5.41) is 3.01. The zero-order valence-corrected chi connectivity index (χ0v) is 6.74.